The molecule has 31 heavy (non-hydrogen) atoms. The molecule has 5 nitrogen and oxygen atoms in total. The number of aromatic nitrogens is 2. The number of benzene rings is 1. The number of anilines is 1. The Kier molecular flexibility index (Phi) is 4.76. The zero-order valence-electron chi connectivity index (χ0n) is 18.0. The lowest BCUT2D eigenvalue weighted by Crippen LogP contribution is -2.37. The van der Waals surface area contributed by atoms with Crippen molar-refractivity contribution in [3.8, 4) is 11.3 Å². The van der Waals surface area contributed by atoms with Gasteiger partial charge in [0.05, 0.1) is 30.0 Å². The fourth-order valence-electron chi connectivity index (χ4n) is 5.82. The third-order valence-electron chi connectivity index (χ3n) is 7.62. The Balaban J connectivity index is 1.44. The number of aliphatic hydroxyl groups is 1. The van der Waals surface area contributed by atoms with E-state index in [1.54, 1.807) is 6.07 Å². The number of nitrogens with zero attached hydrogens (tertiary/aromatic N) is 2. The highest BCUT2D eigenvalue weighted by molar-refractivity contribution is 5.72. The normalized spacial score (nSPS) is 29.6. The van der Waals surface area contributed by atoms with Gasteiger partial charge in [-0.25, -0.2) is 4.39 Å². The van der Waals surface area contributed by atoms with Crippen molar-refractivity contribution >= 4 is 5.82 Å². The first-order chi connectivity index (χ1) is 15.1. The van der Waals surface area contributed by atoms with E-state index < -0.39 is 0 Å². The Morgan fingerprint density at radius 2 is 1.90 bits per heavy atom. The number of ether oxygens (including phenoxy) is 1. The van der Waals surface area contributed by atoms with E-state index in [2.05, 4.69) is 21.6 Å². The highest BCUT2D eigenvalue weighted by Crippen LogP contribution is 2.48. The van der Waals surface area contributed by atoms with Crippen LogP contribution in [0.3, 0.4) is 0 Å². The smallest absolute Gasteiger partial charge is 0.155 e. The second-order valence-corrected chi connectivity index (χ2v) is 9.89. The summed E-state index contributed by atoms with van der Waals surface area (Å²) in [7, 11) is 0. The van der Waals surface area contributed by atoms with E-state index in [1.807, 2.05) is 6.92 Å². The maximum atomic E-state index is 15.3. The van der Waals surface area contributed by atoms with Gasteiger partial charge in [-0.3, -0.25) is 0 Å². The lowest BCUT2D eigenvalue weighted by Gasteiger charge is -2.32. The largest absolute Gasteiger partial charge is 0.391 e. The summed E-state index contributed by atoms with van der Waals surface area (Å²) in [5.74, 6) is 1.03. The third-order valence-corrected chi connectivity index (χ3v) is 7.62. The second kappa shape index (κ2) is 7.52. The summed E-state index contributed by atoms with van der Waals surface area (Å²) in [4.78, 5) is 0. The summed E-state index contributed by atoms with van der Waals surface area (Å²) in [5, 5.41) is 23.1. The van der Waals surface area contributed by atoms with Gasteiger partial charge in [-0.1, -0.05) is 18.9 Å². The average molecular weight is 424 g/mol. The number of rotatable bonds is 4. The summed E-state index contributed by atoms with van der Waals surface area (Å²) in [5.41, 5.74) is 5.39. The SMILES string of the molecule is Cc1cc(C2CC2)cc(F)c1-c1nnc(N[C@@H]2CCCC[C@H]2O)c2c1C[C@@H]1CC[C@H]2O1. The van der Waals surface area contributed by atoms with E-state index in [1.165, 1.54) is 0 Å². The Bertz CT molecular complexity index is 999. The van der Waals surface area contributed by atoms with Gasteiger partial charge in [0.1, 0.15) is 5.82 Å². The maximum absolute atomic E-state index is 15.3. The first-order valence-electron chi connectivity index (χ1n) is 11.9. The van der Waals surface area contributed by atoms with Gasteiger partial charge >= 0.3 is 0 Å². The molecule has 2 aliphatic heterocycles. The molecular weight excluding hydrogens is 393 g/mol. The van der Waals surface area contributed by atoms with E-state index in [0.29, 0.717) is 23.0 Å². The van der Waals surface area contributed by atoms with Crippen LogP contribution in [-0.4, -0.2) is 33.6 Å². The Morgan fingerprint density at radius 1 is 1.06 bits per heavy atom. The van der Waals surface area contributed by atoms with Gasteiger partial charge in [0.25, 0.3) is 0 Å². The average Bonchev–Trinajstić information content (AvgIpc) is 3.54. The van der Waals surface area contributed by atoms with Crippen LogP contribution in [0.5, 0.6) is 0 Å². The van der Waals surface area contributed by atoms with Crippen LogP contribution in [0.15, 0.2) is 12.1 Å². The summed E-state index contributed by atoms with van der Waals surface area (Å²) < 4.78 is 21.6. The predicted molar refractivity (Wildman–Crippen MR) is 117 cm³/mol. The monoisotopic (exact) mass is 423 g/mol. The molecule has 4 atom stereocenters. The van der Waals surface area contributed by atoms with Crippen LogP contribution in [-0.2, 0) is 11.2 Å². The van der Waals surface area contributed by atoms with Crippen molar-refractivity contribution in [2.45, 2.75) is 95.0 Å². The fourth-order valence-corrected chi connectivity index (χ4v) is 5.82. The van der Waals surface area contributed by atoms with Crippen molar-refractivity contribution in [2.24, 2.45) is 0 Å². The highest BCUT2D eigenvalue weighted by Gasteiger charge is 2.39. The molecule has 164 valence electrons. The van der Waals surface area contributed by atoms with Crippen molar-refractivity contribution in [3.05, 3.63) is 40.2 Å². The Labute approximate surface area is 182 Å². The third kappa shape index (κ3) is 3.44. The molecule has 1 aromatic heterocycles. The highest BCUT2D eigenvalue weighted by atomic mass is 19.1. The first kappa shape index (κ1) is 19.6. The van der Waals surface area contributed by atoms with Gasteiger partial charge in [-0.15, -0.1) is 10.2 Å². The van der Waals surface area contributed by atoms with Gasteiger partial charge in [0, 0.05) is 17.5 Å². The standard InChI is InChI=1S/C25H30FN3O2/c1-13-10-15(14-6-7-14)11-18(26)22(13)24-17-12-16-8-9-21(31-16)23(17)25(29-28-24)27-19-4-2-3-5-20(19)30/h10-11,14,16,19-21,30H,2-9,12H2,1H3,(H,27,29)/t16-,19+,20+,21+/m0/s1. The molecule has 0 unspecified atom stereocenters. The topological polar surface area (TPSA) is 67.3 Å². The number of halogens is 1. The van der Waals surface area contributed by atoms with Gasteiger partial charge in [0.15, 0.2) is 5.82 Å². The lowest BCUT2D eigenvalue weighted by atomic mass is 9.90. The van der Waals surface area contributed by atoms with Gasteiger partial charge in [-0.05, 0) is 74.1 Å². The van der Waals surface area contributed by atoms with Gasteiger partial charge < -0.3 is 15.2 Å². The molecule has 2 aliphatic carbocycles. The minimum Gasteiger partial charge on any atom is -0.391 e. The van der Waals surface area contributed by atoms with Crippen molar-refractivity contribution in [1.29, 1.82) is 0 Å². The zero-order valence-corrected chi connectivity index (χ0v) is 18.0. The first-order valence-corrected chi connectivity index (χ1v) is 11.9. The molecule has 6 rings (SSSR count). The van der Waals surface area contributed by atoms with Crippen LogP contribution in [0.2, 0.25) is 0 Å². The van der Waals surface area contributed by atoms with Crippen LogP contribution in [0.25, 0.3) is 11.3 Å². The molecule has 3 heterocycles. The minimum atomic E-state index is -0.374. The number of nitrogens with one attached hydrogen (secondary N) is 1. The molecule has 0 amide bonds. The number of aryl methyl sites for hydroxylation is 1. The molecule has 2 aromatic rings. The molecule has 2 saturated carbocycles. The molecule has 1 saturated heterocycles. The summed E-state index contributed by atoms with van der Waals surface area (Å²) in [6, 6.07) is 3.81. The number of fused-ring (bicyclic) bond motifs is 4. The van der Waals surface area contributed by atoms with Gasteiger partial charge in [0.2, 0.25) is 0 Å². The molecule has 3 fully saturated rings. The van der Waals surface area contributed by atoms with Crippen LogP contribution >= 0.6 is 0 Å². The van der Waals surface area contributed by atoms with Crippen LogP contribution < -0.4 is 5.32 Å². The summed E-state index contributed by atoms with van der Waals surface area (Å²) in [6.45, 7) is 1.98. The van der Waals surface area contributed by atoms with Gasteiger partial charge in [-0.2, -0.15) is 0 Å². The number of hydrogen-bond acceptors (Lipinski definition) is 5. The molecule has 2 N–H and O–H groups in total. The van der Waals surface area contributed by atoms with E-state index in [9.17, 15) is 5.11 Å². The van der Waals surface area contributed by atoms with Crippen LogP contribution in [0.4, 0.5) is 10.2 Å². The van der Waals surface area contributed by atoms with Crippen LogP contribution in [0, 0.1) is 12.7 Å². The molecule has 6 heteroatoms. The Hall–Kier alpha value is -2.05. The molecule has 4 aliphatic rings. The molecule has 0 spiro atoms. The molecule has 1 aromatic carbocycles. The molecule has 2 bridgehead atoms. The van der Waals surface area contributed by atoms with E-state index in [4.69, 9.17) is 4.74 Å². The number of aliphatic hydroxyl groups excluding tert-OH is 1. The Morgan fingerprint density at radius 3 is 2.68 bits per heavy atom. The van der Waals surface area contributed by atoms with Crippen molar-refractivity contribution in [1.82, 2.24) is 10.2 Å². The van der Waals surface area contributed by atoms with Crippen molar-refractivity contribution in [3.63, 3.8) is 0 Å². The maximum Gasteiger partial charge on any atom is 0.155 e. The van der Waals surface area contributed by atoms with Crippen LogP contribution in [0.1, 0.15) is 85.6 Å². The van der Waals surface area contributed by atoms with Crippen molar-refractivity contribution in [2.75, 3.05) is 5.32 Å². The zero-order chi connectivity index (χ0) is 21.1. The lowest BCUT2D eigenvalue weighted by molar-refractivity contribution is 0.0324. The molecular formula is C25H30FN3O2. The summed E-state index contributed by atoms with van der Waals surface area (Å²) in [6.07, 6.45) is 8.66. The molecule has 0 radical (unpaired) electrons. The van der Waals surface area contributed by atoms with Crippen molar-refractivity contribution < 1.29 is 14.2 Å². The second-order valence-electron chi connectivity index (χ2n) is 9.89. The number of hydrogen-bond donors (Lipinski definition) is 2. The predicted octanol–water partition coefficient (Wildman–Crippen LogP) is 4.96. The quantitative estimate of drug-likeness (QED) is 0.728. The van der Waals surface area contributed by atoms with E-state index in [0.717, 1.165) is 80.0 Å². The summed E-state index contributed by atoms with van der Waals surface area (Å²) >= 11 is 0. The minimum absolute atomic E-state index is 0.0200. The van der Waals surface area contributed by atoms with E-state index >= 15 is 4.39 Å². The van der Waals surface area contributed by atoms with E-state index in [-0.39, 0.29) is 30.2 Å². The fraction of sp³-hybridized carbons (Fsp3) is 0.600.